The van der Waals surface area contributed by atoms with Gasteiger partial charge in [-0.25, -0.2) is 0 Å². The minimum absolute atomic E-state index is 0.220. The highest BCUT2D eigenvalue weighted by Crippen LogP contribution is 2.21. The van der Waals surface area contributed by atoms with Gasteiger partial charge in [0, 0.05) is 11.1 Å². The third-order valence-corrected chi connectivity index (χ3v) is 2.73. The van der Waals surface area contributed by atoms with E-state index < -0.39 is 0 Å². The molecule has 0 saturated heterocycles. The molecule has 0 bridgehead atoms. The van der Waals surface area contributed by atoms with Crippen LogP contribution in [0.3, 0.4) is 0 Å². The van der Waals surface area contributed by atoms with Crippen molar-refractivity contribution >= 4 is 11.6 Å². The van der Waals surface area contributed by atoms with Crippen LogP contribution < -0.4 is 5.32 Å². The van der Waals surface area contributed by atoms with Crippen LogP contribution in [-0.2, 0) is 0 Å². The van der Waals surface area contributed by atoms with E-state index in [1.807, 2.05) is 24.3 Å². The van der Waals surface area contributed by atoms with Gasteiger partial charge in [0.05, 0.1) is 6.10 Å². The van der Waals surface area contributed by atoms with Crippen LogP contribution >= 0.6 is 11.6 Å². The largest absolute Gasteiger partial charge is 0.393 e. The maximum absolute atomic E-state index is 9.12. The second-order valence-corrected chi connectivity index (χ2v) is 4.24. The lowest BCUT2D eigenvalue weighted by atomic mass is 10.1. The fourth-order valence-corrected chi connectivity index (χ4v) is 1.74. The zero-order chi connectivity index (χ0) is 11.3. The second kappa shape index (κ2) is 6.11. The van der Waals surface area contributed by atoms with Crippen molar-refractivity contribution in [3.05, 3.63) is 34.9 Å². The number of hydrogen-bond donors (Lipinski definition) is 2. The first-order valence-electron chi connectivity index (χ1n) is 5.27. The van der Waals surface area contributed by atoms with Crippen molar-refractivity contribution in [3.8, 4) is 0 Å². The number of nitrogens with one attached hydrogen (secondary N) is 1. The summed E-state index contributed by atoms with van der Waals surface area (Å²) in [4.78, 5) is 0. The lowest BCUT2D eigenvalue weighted by Crippen LogP contribution is -2.22. The molecule has 0 unspecified atom stereocenters. The van der Waals surface area contributed by atoms with E-state index in [0.717, 1.165) is 23.6 Å². The van der Waals surface area contributed by atoms with Crippen LogP contribution in [-0.4, -0.2) is 17.8 Å². The molecule has 0 aromatic heterocycles. The van der Waals surface area contributed by atoms with Gasteiger partial charge in [-0.2, -0.15) is 0 Å². The Morgan fingerprint density at radius 2 is 2.00 bits per heavy atom. The van der Waals surface area contributed by atoms with Crippen LogP contribution in [0.4, 0.5) is 0 Å². The minimum Gasteiger partial charge on any atom is -0.393 e. The van der Waals surface area contributed by atoms with E-state index in [1.165, 1.54) is 0 Å². The fourth-order valence-electron chi connectivity index (χ4n) is 1.44. The molecule has 0 fully saturated rings. The molecule has 1 rings (SSSR count). The van der Waals surface area contributed by atoms with Crippen molar-refractivity contribution in [2.45, 2.75) is 32.4 Å². The molecule has 1 aromatic carbocycles. The average molecular weight is 228 g/mol. The van der Waals surface area contributed by atoms with E-state index >= 15 is 0 Å². The highest BCUT2D eigenvalue weighted by atomic mass is 35.5. The van der Waals surface area contributed by atoms with Gasteiger partial charge >= 0.3 is 0 Å². The van der Waals surface area contributed by atoms with E-state index in [1.54, 1.807) is 6.92 Å². The standard InChI is InChI=1S/C12H18ClNO/c1-9(15)7-8-14-10(2)11-5-3-4-6-12(11)13/h3-6,9-10,14-15H,7-8H2,1-2H3/t9-,10+/m0/s1. The SMILES string of the molecule is C[C@H](O)CCN[C@H](C)c1ccccc1Cl. The summed E-state index contributed by atoms with van der Waals surface area (Å²) in [5.41, 5.74) is 1.10. The monoisotopic (exact) mass is 227 g/mol. The highest BCUT2D eigenvalue weighted by molar-refractivity contribution is 6.31. The predicted molar refractivity (Wildman–Crippen MR) is 64.2 cm³/mol. The van der Waals surface area contributed by atoms with Crippen LogP contribution in [0, 0.1) is 0 Å². The number of hydrogen-bond acceptors (Lipinski definition) is 2. The van der Waals surface area contributed by atoms with Crippen molar-refractivity contribution in [2.24, 2.45) is 0 Å². The summed E-state index contributed by atoms with van der Waals surface area (Å²) in [6, 6.07) is 8.03. The average Bonchev–Trinajstić information content (AvgIpc) is 2.17. The third kappa shape index (κ3) is 4.20. The van der Waals surface area contributed by atoms with Crippen molar-refractivity contribution in [3.63, 3.8) is 0 Å². The first-order valence-corrected chi connectivity index (χ1v) is 5.65. The number of aliphatic hydroxyl groups excluding tert-OH is 1. The molecule has 2 nitrogen and oxygen atoms in total. The number of rotatable bonds is 5. The Bertz CT molecular complexity index is 301. The van der Waals surface area contributed by atoms with Crippen LogP contribution in [0.15, 0.2) is 24.3 Å². The first-order chi connectivity index (χ1) is 7.11. The van der Waals surface area contributed by atoms with Crippen LogP contribution in [0.5, 0.6) is 0 Å². The van der Waals surface area contributed by atoms with Crippen molar-refractivity contribution < 1.29 is 5.11 Å². The maximum atomic E-state index is 9.12. The van der Waals surface area contributed by atoms with Gasteiger partial charge in [-0.1, -0.05) is 29.8 Å². The summed E-state index contributed by atoms with van der Waals surface area (Å²) in [5.74, 6) is 0. The Labute approximate surface area is 96.3 Å². The Morgan fingerprint density at radius 3 is 2.60 bits per heavy atom. The molecule has 84 valence electrons. The number of benzene rings is 1. The van der Waals surface area contributed by atoms with Crippen LogP contribution in [0.2, 0.25) is 5.02 Å². The molecule has 2 atom stereocenters. The van der Waals surface area contributed by atoms with Gasteiger partial charge in [-0.05, 0) is 38.4 Å². The highest BCUT2D eigenvalue weighted by Gasteiger charge is 2.07. The minimum atomic E-state index is -0.254. The Balaban J connectivity index is 2.47. The summed E-state index contributed by atoms with van der Waals surface area (Å²) in [6.45, 7) is 4.66. The molecule has 0 spiro atoms. The third-order valence-electron chi connectivity index (χ3n) is 2.38. The van der Waals surface area contributed by atoms with Gasteiger partial charge in [0.15, 0.2) is 0 Å². The smallest absolute Gasteiger partial charge is 0.0524 e. The topological polar surface area (TPSA) is 32.3 Å². The molecule has 3 heteroatoms. The molecular formula is C12H18ClNO. The van der Waals surface area contributed by atoms with E-state index in [4.69, 9.17) is 16.7 Å². The quantitative estimate of drug-likeness (QED) is 0.811. The molecule has 0 amide bonds. The summed E-state index contributed by atoms with van der Waals surface area (Å²) in [6.07, 6.45) is 0.505. The fraction of sp³-hybridized carbons (Fsp3) is 0.500. The summed E-state index contributed by atoms with van der Waals surface area (Å²) >= 11 is 6.07. The predicted octanol–water partition coefficient (Wildman–Crippen LogP) is 2.76. The Kier molecular flexibility index (Phi) is 5.09. The maximum Gasteiger partial charge on any atom is 0.0524 e. The summed E-state index contributed by atoms with van der Waals surface area (Å²) in [7, 11) is 0. The van der Waals surface area contributed by atoms with E-state index in [9.17, 15) is 0 Å². The van der Waals surface area contributed by atoms with E-state index in [2.05, 4.69) is 12.2 Å². The molecule has 15 heavy (non-hydrogen) atoms. The lowest BCUT2D eigenvalue weighted by Gasteiger charge is -2.16. The second-order valence-electron chi connectivity index (χ2n) is 3.84. The van der Waals surface area contributed by atoms with Gasteiger partial charge in [-0.15, -0.1) is 0 Å². The molecule has 0 saturated carbocycles. The molecule has 0 radical (unpaired) electrons. The van der Waals surface area contributed by atoms with Crippen molar-refractivity contribution in [1.82, 2.24) is 5.32 Å². The normalized spacial score (nSPS) is 14.9. The zero-order valence-electron chi connectivity index (χ0n) is 9.20. The number of halogens is 1. The molecule has 0 aliphatic carbocycles. The first kappa shape index (κ1) is 12.5. The molecular weight excluding hydrogens is 210 g/mol. The molecule has 1 aromatic rings. The van der Waals surface area contributed by atoms with Gasteiger partial charge in [0.25, 0.3) is 0 Å². The lowest BCUT2D eigenvalue weighted by molar-refractivity contribution is 0.182. The Hall–Kier alpha value is -0.570. The van der Waals surface area contributed by atoms with Crippen molar-refractivity contribution in [2.75, 3.05) is 6.54 Å². The van der Waals surface area contributed by atoms with Crippen molar-refractivity contribution in [1.29, 1.82) is 0 Å². The summed E-state index contributed by atoms with van der Waals surface area (Å²) < 4.78 is 0. The van der Waals surface area contributed by atoms with Gasteiger partial charge < -0.3 is 10.4 Å². The summed E-state index contributed by atoms with van der Waals surface area (Å²) in [5, 5.41) is 13.2. The molecule has 2 N–H and O–H groups in total. The van der Waals surface area contributed by atoms with E-state index in [-0.39, 0.29) is 12.1 Å². The van der Waals surface area contributed by atoms with Gasteiger partial charge in [-0.3, -0.25) is 0 Å². The van der Waals surface area contributed by atoms with Crippen LogP contribution in [0.25, 0.3) is 0 Å². The van der Waals surface area contributed by atoms with E-state index in [0.29, 0.717) is 0 Å². The van der Waals surface area contributed by atoms with Gasteiger partial charge in [0.2, 0.25) is 0 Å². The molecule has 0 aliphatic heterocycles. The van der Waals surface area contributed by atoms with Crippen LogP contribution in [0.1, 0.15) is 31.9 Å². The molecule has 0 heterocycles. The zero-order valence-corrected chi connectivity index (χ0v) is 9.96. The molecule has 0 aliphatic rings. The Morgan fingerprint density at radius 1 is 1.33 bits per heavy atom. The number of aliphatic hydroxyl groups is 1. The van der Waals surface area contributed by atoms with Gasteiger partial charge in [0.1, 0.15) is 0 Å².